The predicted octanol–water partition coefficient (Wildman–Crippen LogP) is 3.44. The molecule has 0 atom stereocenters. The van der Waals surface area contributed by atoms with E-state index >= 15 is 0 Å². The van der Waals surface area contributed by atoms with Crippen molar-refractivity contribution in [2.75, 3.05) is 0 Å². The maximum absolute atomic E-state index is 13.0. The molecule has 0 N–H and O–H groups in total. The summed E-state index contributed by atoms with van der Waals surface area (Å²) in [6.07, 6.45) is 1.62. The summed E-state index contributed by atoms with van der Waals surface area (Å²) in [5.74, 6) is 0. The van der Waals surface area contributed by atoms with Crippen molar-refractivity contribution in [2.45, 2.75) is 33.9 Å². The molecular formula is C22H24N4O2. The highest BCUT2D eigenvalue weighted by atomic mass is 16.2. The van der Waals surface area contributed by atoms with Crippen LogP contribution >= 0.6 is 0 Å². The highest BCUT2D eigenvalue weighted by Crippen LogP contribution is 2.15. The summed E-state index contributed by atoms with van der Waals surface area (Å²) in [5.41, 5.74) is 1.88. The van der Waals surface area contributed by atoms with Crippen molar-refractivity contribution in [3.63, 3.8) is 0 Å². The molecule has 0 amide bonds. The largest absolute Gasteiger partial charge is 0.337 e. The number of imidazole rings is 1. The normalized spacial score (nSPS) is 10.5. The summed E-state index contributed by atoms with van der Waals surface area (Å²) < 4.78 is 4.63. The lowest BCUT2D eigenvalue weighted by Gasteiger charge is -2.13. The topological polar surface area (TPSA) is 61.8 Å². The van der Waals surface area contributed by atoms with Gasteiger partial charge in [-0.1, -0.05) is 62.4 Å². The Morgan fingerprint density at radius 2 is 1.50 bits per heavy atom. The first kappa shape index (κ1) is 19.4. The Morgan fingerprint density at radius 3 is 2.11 bits per heavy atom. The molecule has 6 heteroatoms. The summed E-state index contributed by atoms with van der Waals surface area (Å²) in [7, 11) is 0. The molecular weight excluding hydrogens is 352 g/mol. The van der Waals surface area contributed by atoms with Crippen molar-refractivity contribution in [3.05, 3.63) is 93.4 Å². The molecule has 6 nitrogen and oxygen atoms in total. The molecule has 28 heavy (non-hydrogen) atoms. The first-order valence-corrected chi connectivity index (χ1v) is 9.50. The number of aromatic nitrogens is 4. The van der Waals surface area contributed by atoms with E-state index in [2.05, 4.69) is 4.98 Å². The van der Waals surface area contributed by atoms with Crippen LogP contribution in [0, 0.1) is 0 Å². The molecule has 4 rings (SSSR count). The van der Waals surface area contributed by atoms with Crippen molar-refractivity contribution in [2.24, 2.45) is 0 Å². The van der Waals surface area contributed by atoms with Gasteiger partial charge in [0.1, 0.15) is 0 Å². The molecule has 2 aromatic carbocycles. The number of hydrogen-bond donors (Lipinski definition) is 0. The van der Waals surface area contributed by atoms with Gasteiger partial charge in [0.05, 0.1) is 18.6 Å². The quantitative estimate of drug-likeness (QED) is 0.548. The molecule has 2 aromatic heterocycles. The summed E-state index contributed by atoms with van der Waals surface area (Å²) >= 11 is 0. The summed E-state index contributed by atoms with van der Waals surface area (Å²) in [6, 6.07) is 19.2. The smallest absolute Gasteiger partial charge is 0.312 e. The van der Waals surface area contributed by atoms with E-state index in [0.29, 0.717) is 29.9 Å². The van der Waals surface area contributed by atoms with Gasteiger partial charge in [0.15, 0.2) is 11.2 Å². The van der Waals surface area contributed by atoms with Crippen molar-refractivity contribution >= 4 is 11.2 Å². The lowest BCUT2D eigenvalue weighted by Crippen LogP contribution is -2.39. The highest BCUT2D eigenvalue weighted by Gasteiger charge is 2.18. The molecule has 0 aliphatic rings. The molecule has 0 fully saturated rings. The highest BCUT2D eigenvalue weighted by molar-refractivity contribution is 5.72. The molecule has 0 radical (unpaired) electrons. The summed E-state index contributed by atoms with van der Waals surface area (Å²) in [6.45, 7) is 6.61. The van der Waals surface area contributed by atoms with Crippen LogP contribution in [0.25, 0.3) is 16.9 Å². The van der Waals surface area contributed by atoms with Crippen LogP contribution in [-0.4, -0.2) is 18.7 Å². The van der Waals surface area contributed by atoms with Crippen molar-refractivity contribution in [3.8, 4) is 5.69 Å². The Kier molecular flexibility index (Phi) is 5.89. The lowest BCUT2D eigenvalue weighted by molar-refractivity contribution is 0.653. The Labute approximate surface area is 163 Å². The van der Waals surface area contributed by atoms with Crippen LogP contribution in [0.15, 0.2) is 76.6 Å². The minimum absolute atomic E-state index is 0.297. The van der Waals surface area contributed by atoms with E-state index in [1.54, 1.807) is 17.8 Å². The third-order valence-corrected chi connectivity index (χ3v) is 4.42. The molecule has 0 bridgehead atoms. The van der Waals surface area contributed by atoms with E-state index in [1.807, 2.05) is 79.1 Å². The predicted molar refractivity (Wildman–Crippen MR) is 112 cm³/mol. The monoisotopic (exact) mass is 376 g/mol. The molecule has 0 saturated carbocycles. The van der Waals surface area contributed by atoms with Crippen LogP contribution in [0.4, 0.5) is 0 Å². The fourth-order valence-corrected chi connectivity index (χ4v) is 3.17. The van der Waals surface area contributed by atoms with Gasteiger partial charge in [-0.25, -0.2) is 14.3 Å². The zero-order valence-electron chi connectivity index (χ0n) is 16.4. The van der Waals surface area contributed by atoms with Gasteiger partial charge in [0.25, 0.3) is 5.56 Å². The maximum Gasteiger partial charge on any atom is 0.337 e. The van der Waals surface area contributed by atoms with Gasteiger partial charge >= 0.3 is 5.69 Å². The van der Waals surface area contributed by atoms with E-state index in [0.717, 1.165) is 5.56 Å². The molecule has 0 aliphatic heterocycles. The standard InChI is InChI=1S/C20H18N4O2.C2H6/c1-2-23-19(25)17-18(24(20(23)26)16-11-7-4-8-12-16)22(14-21-17)13-15-9-5-3-6-10-15;1-2/h3-12,14H,2,13H2,1H3;1-2H3. The first-order chi connectivity index (χ1) is 13.7. The number of hydrogen-bond acceptors (Lipinski definition) is 3. The van der Waals surface area contributed by atoms with Gasteiger partial charge in [0.2, 0.25) is 0 Å². The van der Waals surface area contributed by atoms with Crippen LogP contribution in [0.3, 0.4) is 0 Å². The second kappa shape index (κ2) is 8.52. The molecule has 4 aromatic rings. The number of benzene rings is 2. The summed E-state index contributed by atoms with van der Waals surface area (Å²) in [5, 5.41) is 0. The van der Waals surface area contributed by atoms with Gasteiger partial charge < -0.3 is 4.57 Å². The molecule has 0 unspecified atom stereocenters. The Bertz CT molecular complexity index is 1170. The third-order valence-electron chi connectivity index (χ3n) is 4.42. The van der Waals surface area contributed by atoms with Crippen molar-refractivity contribution in [1.29, 1.82) is 0 Å². The van der Waals surface area contributed by atoms with Gasteiger partial charge in [-0.3, -0.25) is 9.36 Å². The van der Waals surface area contributed by atoms with Crippen molar-refractivity contribution in [1.82, 2.24) is 18.7 Å². The van der Waals surface area contributed by atoms with E-state index in [1.165, 1.54) is 4.57 Å². The van der Waals surface area contributed by atoms with Crippen LogP contribution in [0.5, 0.6) is 0 Å². The van der Waals surface area contributed by atoms with E-state index < -0.39 is 0 Å². The SMILES string of the molecule is CC.CCn1c(=O)c2ncn(Cc3ccccc3)c2n(-c2ccccc2)c1=O. The van der Waals surface area contributed by atoms with Crippen LogP contribution < -0.4 is 11.2 Å². The molecule has 0 aliphatic carbocycles. The van der Waals surface area contributed by atoms with Gasteiger partial charge in [-0.05, 0) is 24.6 Å². The Balaban J connectivity index is 0.00000109. The zero-order valence-corrected chi connectivity index (χ0v) is 16.4. The Hall–Kier alpha value is -3.41. The minimum atomic E-state index is -0.356. The second-order valence-electron chi connectivity index (χ2n) is 6.03. The average molecular weight is 376 g/mol. The van der Waals surface area contributed by atoms with Crippen LogP contribution in [0.1, 0.15) is 26.3 Å². The van der Waals surface area contributed by atoms with Gasteiger partial charge in [0, 0.05) is 6.54 Å². The fourth-order valence-electron chi connectivity index (χ4n) is 3.17. The van der Waals surface area contributed by atoms with Crippen molar-refractivity contribution < 1.29 is 0 Å². The van der Waals surface area contributed by atoms with Crippen LogP contribution in [-0.2, 0) is 13.1 Å². The number of nitrogens with zero attached hydrogens (tertiary/aromatic N) is 4. The second-order valence-corrected chi connectivity index (χ2v) is 6.03. The van der Waals surface area contributed by atoms with Gasteiger partial charge in [-0.2, -0.15) is 0 Å². The zero-order chi connectivity index (χ0) is 20.1. The molecule has 0 saturated heterocycles. The molecule has 0 spiro atoms. The van der Waals surface area contributed by atoms with Crippen LogP contribution in [0.2, 0.25) is 0 Å². The number of fused-ring (bicyclic) bond motifs is 1. The lowest BCUT2D eigenvalue weighted by atomic mass is 10.2. The molecule has 2 heterocycles. The van der Waals surface area contributed by atoms with E-state index in [4.69, 9.17) is 0 Å². The number of rotatable bonds is 4. The molecule has 144 valence electrons. The third kappa shape index (κ3) is 3.41. The minimum Gasteiger partial charge on any atom is -0.312 e. The average Bonchev–Trinajstić information content (AvgIpc) is 3.15. The van der Waals surface area contributed by atoms with E-state index in [-0.39, 0.29) is 11.2 Å². The maximum atomic E-state index is 13.0. The summed E-state index contributed by atoms with van der Waals surface area (Å²) in [4.78, 5) is 30.0. The number of para-hydroxylation sites is 1. The van der Waals surface area contributed by atoms with Gasteiger partial charge in [-0.15, -0.1) is 0 Å². The fraction of sp³-hybridized carbons (Fsp3) is 0.227. The Morgan fingerprint density at radius 1 is 0.893 bits per heavy atom. The first-order valence-electron chi connectivity index (χ1n) is 9.50. The van der Waals surface area contributed by atoms with E-state index in [9.17, 15) is 9.59 Å².